The van der Waals surface area contributed by atoms with E-state index in [1.54, 1.807) is 12.0 Å². The smallest absolute Gasteiger partial charge is 0.326 e. The summed E-state index contributed by atoms with van der Waals surface area (Å²) in [5, 5.41) is 11.4. The monoisotopic (exact) mass is 389 g/mol. The summed E-state index contributed by atoms with van der Waals surface area (Å²) in [7, 11) is 0. The van der Waals surface area contributed by atoms with Gasteiger partial charge in [0.05, 0.1) is 25.2 Å². The summed E-state index contributed by atoms with van der Waals surface area (Å²) >= 11 is 2.25. The summed E-state index contributed by atoms with van der Waals surface area (Å²) in [6, 6.07) is 7.64. The van der Waals surface area contributed by atoms with Gasteiger partial charge in [-0.15, -0.1) is 0 Å². The van der Waals surface area contributed by atoms with Crippen LogP contribution in [-0.4, -0.2) is 41.0 Å². The Morgan fingerprint density at radius 2 is 2.15 bits per heavy atom. The first-order chi connectivity index (χ1) is 9.56. The third kappa shape index (κ3) is 2.57. The lowest BCUT2D eigenvalue weighted by Crippen LogP contribution is -2.35. The van der Waals surface area contributed by atoms with Gasteiger partial charge in [0.25, 0.3) is 0 Å². The molecule has 108 valence electrons. The molecule has 2 aliphatic heterocycles. The molecule has 1 aromatic rings. The molecule has 5 nitrogen and oxygen atoms in total. The molecule has 4 atom stereocenters. The van der Waals surface area contributed by atoms with Crippen molar-refractivity contribution in [1.82, 2.24) is 5.06 Å². The number of hydroxylamine groups is 2. The second-order valence-electron chi connectivity index (χ2n) is 5.25. The van der Waals surface area contributed by atoms with Crippen LogP contribution in [0.15, 0.2) is 24.3 Å². The standard InChI is InChI=1S/C14H16INO4/c1-8(17)13-11-7-19-14(18)12(11)16(20-13)6-9-2-4-10(15)5-3-9/h2-5,8,11-13,17H,6-7H2,1H3/t8-,11-,12-,13+/m1/s1. The molecular formula is C14H16INO4. The first kappa shape index (κ1) is 14.2. The van der Waals surface area contributed by atoms with E-state index in [9.17, 15) is 9.90 Å². The summed E-state index contributed by atoms with van der Waals surface area (Å²) < 4.78 is 6.28. The number of carbonyl (C=O) groups excluding carboxylic acids is 1. The number of rotatable bonds is 3. The summed E-state index contributed by atoms with van der Waals surface area (Å²) in [4.78, 5) is 17.6. The molecule has 0 aliphatic carbocycles. The highest BCUT2D eigenvalue weighted by atomic mass is 127. The number of nitrogens with zero attached hydrogens (tertiary/aromatic N) is 1. The molecule has 0 radical (unpaired) electrons. The highest BCUT2D eigenvalue weighted by Crippen LogP contribution is 2.36. The Kier molecular flexibility index (Phi) is 3.98. The van der Waals surface area contributed by atoms with E-state index in [2.05, 4.69) is 22.6 Å². The largest absolute Gasteiger partial charge is 0.464 e. The van der Waals surface area contributed by atoms with Crippen LogP contribution < -0.4 is 0 Å². The van der Waals surface area contributed by atoms with Crippen LogP contribution in [0.4, 0.5) is 0 Å². The van der Waals surface area contributed by atoms with Crippen LogP contribution in [0, 0.1) is 9.49 Å². The summed E-state index contributed by atoms with van der Waals surface area (Å²) in [6.07, 6.45) is -1.01. The van der Waals surface area contributed by atoms with Gasteiger partial charge >= 0.3 is 5.97 Å². The molecule has 0 aromatic heterocycles. The Hall–Kier alpha value is -0.700. The van der Waals surface area contributed by atoms with Crippen molar-refractivity contribution in [3.63, 3.8) is 0 Å². The molecule has 20 heavy (non-hydrogen) atoms. The zero-order valence-corrected chi connectivity index (χ0v) is 13.2. The Morgan fingerprint density at radius 3 is 2.80 bits per heavy atom. The van der Waals surface area contributed by atoms with Gasteiger partial charge in [0, 0.05) is 3.57 Å². The van der Waals surface area contributed by atoms with E-state index in [1.165, 1.54) is 0 Å². The fourth-order valence-electron chi connectivity index (χ4n) is 2.79. The van der Waals surface area contributed by atoms with E-state index >= 15 is 0 Å². The molecule has 2 saturated heterocycles. The summed E-state index contributed by atoms with van der Waals surface area (Å²) in [6.45, 7) is 2.51. The van der Waals surface area contributed by atoms with E-state index < -0.39 is 12.1 Å². The van der Waals surface area contributed by atoms with Crippen LogP contribution >= 0.6 is 22.6 Å². The fourth-order valence-corrected chi connectivity index (χ4v) is 3.15. The van der Waals surface area contributed by atoms with E-state index in [-0.39, 0.29) is 18.0 Å². The number of aliphatic hydroxyl groups is 1. The summed E-state index contributed by atoms with van der Waals surface area (Å²) in [5.74, 6) is -0.352. The van der Waals surface area contributed by atoms with Crippen LogP contribution in [0.5, 0.6) is 0 Å². The van der Waals surface area contributed by atoms with Gasteiger partial charge in [0.1, 0.15) is 12.1 Å². The molecule has 0 bridgehead atoms. The molecule has 1 aromatic carbocycles. The number of ether oxygens (including phenoxy) is 1. The van der Waals surface area contributed by atoms with E-state index in [4.69, 9.17) is 9.57 Å². The van der Waals surface area contributed by atoms with Gasteiger partial charge < -0.3 is 9.84 Å². The normalized spacial score (nSPS) is 31.1. The van der Waals surface area contributed by atoms with Crippen LogP contribution in [0.25, 0.3) is 0 Å². The number of benzene rings is 1. The number of cyclic esters (lactones) is 1. The van der Waals surface area contributed by atoms with Crippen molar-refractivity contribution in [2.45, 2.75) is 31.7 Å². The topological polar surface area (TPSA) is 59.0 Å². The van der Waals surface area contributed by atoms with Gasteiger partial charge in [0.2, 0.25) is 0 Å². The van der Waals surface area contributed by atoms with Gasteiger partial charge in [-0.1, -0.05) is 12.1 Å². The average Bonchev–Trinajstić information content (AvgIpc) is 2.95. The molecule has 0 spiro atoms. The Morgan fingerprint density at radius 1 is 1.45 bits per heavy atom. The van der Waals surface area contributed by atoms with E-state index in [0.717, 1.165) is 9.13 Å². The van der Waals surface area contributed by atoms with Crippen molar-refractivity contribution in [3.05, 3.63) is 33.4 Å². The average molecular weight is 389 g/mol. The Labute approximate surface area is 130 Å². The first-order valence-electron chi connectivity index (χ1n) is 6.59. The number of hydrogen-bond acceptors (Lipinski definition) is 5. The van der Waals surface area contributed by atoms with Crippen LogP contribution in [-0.2, 0) is 20.9 Å². The molecule has 2 fully saturated rings. The Balaban J connectivity index is 1.78. The molecule has 6 heteroatoms. The van der Waals surface area contributed by atoms with Crippen molar-refractivity contribution >= 4 is 28.6 Å². The zero-order chi connectivity index (χ0) is 14.3. The van der Waals surface area contributed by atoms with Gasteiger partial charge in [-0.2, -0.15) is 5.06 Å². The van der Waals surface area contributed by atoms with Crippen molar-refractivity contribution < 1.29 is 19.5 Å². The fraction of sp³-hybridized carbons (Fsp3) is 0.500. The minimum absolute atomic E-state index is 0.0913. The molecule has 0 unspecified atom stereocenters. The number of carbonyl (C=O) groups is 1. The zero-order valence-electron chi connectivity index (χ0n) is 11.0. The second-order valence-corrected chi connectivity index (χ2v) is 6.50. The predicted molar refractivity (Wildman–Crippen MR) is 79.5 cm³/mol. The van der Waals surface area contributed by atoms with Gasteiger partial charge in [-0.05, 0) is 47.2 Å². The van der Waals surface area contributed by atoms with E-state index in [1.807, 2.05) is 24.3 Å². The van der Waals surface area contributed by atoms with Crippen LogP contribution in [0.1, 0.15) is 12.5 Å². The first-order valence-corrected chi connectivity index (χ1v) is 7.66. The third-order valence-electron chi connectivity index (χ3n) is 3.78. The second kappa shape index (κ2) is 5.59. The summed E-state index contributed by atoms with van der Waals surface area (Å²) in [5.41, 5.74) is 1.06. The number of esters is 1. The molecule has 2 heterocycles. The minimum atomic E-state index is -0.626. The quantitative estimate of drug-likeness (QED) is 0.625. The van der Waals surface area contributed by atoms with Crippen LogP contribution in [0.2, 0.25) is 0 Å². The lowest BCUT2D eigenvalue weighted by Gasteiger charge is -2.21. The lowest BCUT2D eigenvalue weighted by atomic mass is 9.95. The molecule has 2 aliphatic rings. The highest BCUT2D eigenvalue weighted by molar-refractivity contribution is 14.1. The maximum atomic E-state index is 11.9. The van der Waals surface area contributed by atoms with Crippen molar-refractivity contribution in [1.29, 1.82) is 0 Å². The predicted octanol–water partition coefficient (Wildman–Crippen LogP) is 1.33. The molecular weight excluding hydrogens is 373 g/mol. The SMILES string of the molecule is C[C@@H](O)[C@@H]1ON(Cc2ccc(I)cc2)[C@H]2C(=O)OC[C@@H]12. The molecule has 0 saturated carbocycles. The number of halogens is 1. The molecule has 3 rings (SSSR count). The maximum Gasteiger partial charge on any atom is 0.326 e. The highest BCUT2D eigenvalue weighted by Gasteiger charge is 2.54. The minimum Gasteiger partial charge on any atom is -0.464 e. The maximum absolute atomic E-state index is 11.9. The van der Waals surface area contributed by atoms with Crippen molar-refractivity contribution in [3.8, 4) is 0 Å². The third-order valence-corrected chi connectivity index (χ3v) is 4.50. The lowest BCUT2D eigenvalue weighted by molar-refractivity contribution is -0.202. The Bertz CT molecular complexity index is 504. The number of hydrogen-bond donors (Lipinski definition) is 1. The number of fused-ring (bicyclic) bond motifs is 1. The van der Waals surface area contributed by atoms with Gasteiger partial charge in [-0.25, -0.2) is 0 Å². The van der Waals surface area contributed by atoms with Crippen LogP contribution in [0.3, 0.4) is 0 Å². The molecule has 0 amide bonds. The van der Waals surface area contributed by atoms with Gasteiger partial charge in [0.15, 0.2) is 0 Å². The van der Waals surface area contributed by atoms with Crippen molar-refractivity contribution in [2.24, 2.45) is 5.92 Å². The molecule has 1 N–H and O–H groups in total. The van der Waals surface area contributed by atoms with Gasteiger partial charge in [-0.3, -0.25) is 9.63 Å². The number of aliphatic hydroxyl groups excluding tert-OH is 1. The van der Waals surface area contributed by atoms with Crippen molar-refractivity contribution in [2.75, 3.05) is 6.61 Å². The van der Waals surface area contributed by atoms with E-state index in [0.29, 0.717) is 13.2 Å².